The second kappa shape index (κ2) is 5.69. The Labute approximate surface area is 110 Å². The molecule has 1 aromatic carbocycles. The number of ether oxygens (including phenoxy) is 1. The van der Waals surface area contributed by atoms with Gasteiger partial charge in [0.1, 0.15) is 11.3 Å². The molecule has 0 spiro atoms. The number of rotatable bonds is 5. The molecule has 0 radical (unpaired) electrons. The van der Waals surface area contributed by atoms with Crippen molar-refractivity contribution in [3.63, 3.8) is 0 Å². The molecule has 0 aliphatic heterocycles. The highest BCUT2D eigenvalue weighted by molar-refractivity contribution is 7.07. The molecule has 0 aliphatic carbocycles. The van der Waals surface area contributed by atoms with Gasteiger partial charge in [-0.3, -0.25) is 0 Å². The number of hydrogen-bond acceptors (Lipinski definition) is 3. The molecule has 0 fully saturated rings. The van der Waals surface area contributed by atoms with Crippen LogP contribution in [0.3, 0.4) is 0 Å². The van der Waals surface area contributed by atoms with Crippen molar-refractivity contribution in [1.29, 1.82) is 0 Å². The summed E-state index contributed by atoms with van der Waals surface area (Å²) in [4.78, 5) is 11.1. The molecule has 0 saturated carbocycles. The van der Waals surface area contributed by atoms with Gasteiger partial charge in [0.15, 0.2) is 0 Å². The minimum absolute atomic E-state index is 0.223. The lowest BCUT2D eigenvalue weighted by Gasteiger charge is -2.11. The molecule has 0 saturated heterocycles. The average Bonchev–Trinajstić information content (AvgIpc) is 2.84. The molecule has 4 heteroatoms. The fourth-order valence-electron chi connectivity index (χ4n) is 1.72. The highest BCUT2D eigenvalue weighted by Gasteiger charge is 2.13. The summed E-state index contributed by atoms with van der Waals surface area (Å²) in [7, 11) is 0. The molecule has 1 heterocycles. The van der Waals surface area contributed by atoms with Crippen LogP contribution >= 0.6 is 11.3 Å². The van der Waals surface area contributed by atoms with Crippen LogP contribution < -0.4 is 4.74 Å². The Hall–Kier alpha value is -1.81. The maximum Gasteiger partial charge on any atom is 0.339 e. The molecule has 0 amide bonds. The van der Waals surface area contributed by atoms with Crippen LogP contribution in [0.15, 0.2) is 35.0 Å². The van der Waals surface area contributed by atoms with Crippen LogP contribution in [0.25, 0.3) is 0 Å². The predicted octanol–water partition coefficient (Wildman–Crippen LogP) is 3.38. The molecule has 0 bridgehead atoms. The van der Waals surface area contributed by atoms with Crippen molar-refractivity contribution in [3.05, 3.63) is 51.7 Å². The predicted molar refractivity (Wildman–Crippen MR) is 71.7 cm³/mol. The summed E-state index contributed by atoms with van der Waals surface area (Å²) in [6, 6.07) is 7.19. The molecular weight excluding hydrogens is 248 g/mol. The summed E-state index contributed by atoms with van der Waals surface area (Å²) >= 11 is 1.65. The van der Waals surface area contributed by atoms with Gasteiger partial charge in [0.25, 0.3) is 0 Å². The number of hydrogen-bond donors (Lipinski definition) is 1. The third-order valence-electron chi connectivity index (χ3n) is 2.66. The Balaban J connectivity index is 2.06. The molecule has 0 unspecified atom stereocenters. The largest absolute Gasteiger partial charge is 0.492 e. The van der Waals surface area contributed by atoms with E-state index < -0.39 is 5.97 Å². The quantitative estimate of drug-likeness (QED) is 0.898. The van der Waals surface area contributed by atoms with E-state index in [2.05, 4.69) is 5.38 Å². The Morgan fingerprint density at radius 1 is 1.39 bits per heavy atom. The van der Waals surface area contributed by atoms with Gasteiger partial charge in [0.2, 0.25) is 0 Å². The average molecular weight is 262 g/mol. The number of para-hydroxylation sites is 1. The fourth-order valence-corrected chi connectivity index (χ4v) is 2.42. The van der Waals surface area contributed by atoms with Crippen LogP contribution in [-0.4, -0.2) is 17.7 Å². The zero-order chi connectivity index (χ0) is 13.0. The molecule has 2 aromatic rings. The second-order valence-electron chi connectivity index (χ2n) is 3.99. The topological polar surface area (TPSA) is 46.5 Å². The standard InChI is InChI=1S/C14H14O3S/c1-10-3-2-4-12(14(15)16)13(10)17-7-5-11-6-8-18-9-11/h2-4,6,8-9H,5,7H2,1H3,(H,15,16). The van der Waals surface area contributed by atoms with Gasteiger partial charge in [0.05, 0.1) is 6.61 Å². The summed E-state index contributed by atoms with van der Waals surface area (Å²) in [5.74, 6) is -0.482. The Bertz CT molecular complexity index is 532. The van der Waals surface area contributed by atoms with Crippen molar-refractivity contribution in [2.45, 2.75) is 13.3 Å². The molecule has 94 valence electrons. The minimum atomic E-state index is -0.954. The van der Waals surface area contributed by atoms with Crippen LogP contribution in [0.1, 0.15) is 21.5 Å². The number of benzene rings is 1. The van der Waals surface area contributed by atoms with Crippen molar-refractivity contribution in [2.24, 2.45) is 0 Å². The summed E-state index contributed by atoms with van der Waals surface area (Å²) < 4.78 is 5.63. The van der Waals surface area contributed by atoms with Crippen molar-refractivity contribution in [2.75, 3.05) is 6.61 Å². The lowest BCUT2D eigenvalue weighted by Crippen LogP contribution is -2.07. The zero-order valence-corrected chi connectivity index (χ0v) is 10.9. The summed E-state index contributed by atoms with van der Waals surface area (Å²) in [6.07, 6.45) is 0.789. The minimum Gasteiger partial charge on any atom is -0.492 e. The smallest absolute Gasteiger partial charge is 0.339 e. The zero-order valence-electron chi connectivity index (χ0n) is 10.1. The first kappa shape index (κ1) is 12.6. The summed E-state index contributed by atoms with van der Waals surface area (Å²) in [5.41, 5.74) is 2.28. The number of carboxylic acids is 1. The highest BCUT2D eigenvalue weighted by atomic mass is 32.1. The van der Waals surface area contributed by atoms with E-state index >= 15 is 0 Å². The van der Waals surface area contributed by atoms with Crippen molar-refractivity contribution < 1.29 is 14.6 Å². The molecular formula is C14H14O3S. The van der Waals surface area contributed by atoms with Crippen molar-refractivity contribution in [1.82, 2.24) is 0 Å². The Kier molecular flexibility index (Phi) is 3.99. The van der Waals surface area contributed by atoms with E-state index in [0.29, 0.717) is 12.4 Å². The van der Waals surface area contributed by atoms with Crippen LogP contribution in [0, 0.1) is 6.92 Å². The first-order chi connectivity index (χ1) is 8.68. The van der Waals surface area contributed by atoms with E-state index in [9.17, 15) is 4.79 Å². The monoisotopic (exact) mass is 262 g/mol. The van der Waals surface area contributed by atoms with Gasteiger partial charge in [-0.15, -0.1) is 0 Å². The first-order valence-electron chi connectivity index (χ1n) is 5.65. The van der Waals surface area contributed by atoms with Gasteiger partial charge >= 0.3 is 5.97 Å². The van der Waals surface area contributed by atoms with Crippen LogP contribution in [0.5, 0.6) is 5.75 Å². The summed E-state index contributed by atoms with van der Waals surface area (Å²) in [6.45, 7) is 2.34. The van der Waals surface area contributed by atoms with Crippen molar-refractivity contribution in [3.8, 4) is 5.75 Å². The van der Waals surface area contributed by atoms with E-state index in [4.69, 9.17) is 9.84 Å². The number of aromatic carboxylic acids is 1. The molecule has 3 nitrogen and oxygen atoms in total. The fraction of sp³-hybridized carbons (Fsp3) is 0.214. The molecule has 0 aliphatic rings. The van der Waals surface area contributed by atoms with Crippen LogP contribution in [-0.2, 0) is 6.42 Å². The third-order valence-corrected chi connectivity index (χ3v) is 3.39. The number of carbonyl (C=O) groups is 1. The Morgan fingerprint density at radius 2 is 2.22 bits per heavy atom. The van der Waals surface area contributed by atoms with E-state index in [1.165, 1.54) is 5.56 Å². The lowest BCUT2D eigenvalue weighted by molar-refractivity contribution is 0.0692. The van der Waals surface area contributed by atoms with Crippen LogP contribution in [0.4, 0.5) is 0 Å². The van der Waals surface area contributed by atoms with Gasteiger partial charge in [-0.25, -0.2) is 4.79 Å². The summed E-state index contributed by atoms with van der Waals surface area (Å²) in [5, 5.41) is 13.2. The molecule has 1 N–H and O–H groups in total. The molecule has 0 atom stereocenters. The normalized spacial score (nSPS) is 10.3. The lowest BCUT2D eigenvalue weighted by atomic mass is 10.1. The van der Waals surface area contributed by atoms with E-state index in [1.54, 1.807) is 23.5 Å². The van der Waals surface area contributed by atoms with Crippen LogP contribution in [0.2, 0.25) is 0 Å². The first-order valence-corrected chi connectivity index (χ1v) is 6.59. The van der Waals surface area contributed by atoms with Gasteiger partial charge in [-0.05, 0) is 40.9 Å². The van der Waals surface area contributed by atoms with Gasteiger partial charge < -0.3 is 9.84 Å². The maximum absolute atomic E-state index is 11.1. The van der Waals surface area contributed by atoms with Crippen molar-refractivity contribution >= 4 is 17.3 Å². The van der Waals surface area contributed by atoms with Gasteiger partial charge in [-0.1, -0.05) is 12.1 Å². The van der Waals surface area contributed by atoms with E-state index in [1.807, 2.05) is 24.4 Å². The Morgan fingerprint density at radius 3 is 2.89 bits per heavy atom. The molecule has 18 heavy (non-hydrogen) atoms. The number of carboxylic acid groups (broad SMARTS) is 1. The van der Waals surface area contributed by atoms with Gasteiger partial charge in [0, 0.05) is 6.42 Å². The number of thiophene rings is 1. The van der Waals surface area contributed by atoms with E-state index in [0.717, 1.165) is 12.0 Å². The molecule has 2 rings (SSSR count). The third kappa shape index (κ3) is 2.90. The second-order valence-corrected chi connectivity index (χ2v) is 4.77. The van der Waals surface area contributed by atoms with E-state index in [-0.39, 0.29) is 5.56 Å². The SMILES string of the molecule is Cc1cccc(C(=O)O)c1OCCc1ccsc1. The molecule has 1 aromatic heterocycles. The van der Waals surface area contributed by atoms with Gasteiger partial charge in [-0.2, -0.15) is 11.3 Å². The number of aryl methyl sites for hydroxylation is 1. The maximum atomic E-state index is 11.1. The highest BCUT2D eigenvalue weighted by Crippen LogP contribution is 2.23.